The van der Waals surface area contributed by atoms with Gasteiger partial charge in [-0.3, -0.25) is 0 Å². The minimum Gasteiger partial charge on any atom is -0.204 e. The van der Waals surface area contributed by atoms with E-state index in [-0.39, 0.29) is 11.3 Å². The second kappa shape index (κ2) is 2.88. The zero-order chi connectivity index (χ0) is 8.27. The highest BCUT2D eigenvalue weighted by Gasteiger charge is 2.01. The van der Waals surface area contributed by atoms with Gasteiger partial charge in [0.1, 0.15) is 5.69 Å². The highest BCUT2D eigenvalue weighted by atomic mass is 19.1. The van der Waals surface area contributed by atoms with Crippen molar-refractivity contribution >= 4 is 5.69 Å². The zero-order valence-corrected chi connectivity index (χ0v) is 5.41. The monoisotopic (exact) mass is 150 g/mol. The number of nitriles is 1. The van der Waals surface area contributed by atoms with Crippen molar-refractivity contribution in [3.05, 3.63) is 34.5 Å². The molecule has 0 atom stereocenters. The van der Waals surface area contributed by atoms with E-state index in [1.807, 2.05) is 0 Å². The summed E-state index contributed by atoms with van der Waals surface area (Å²) in [5, 5.41) is 10.7. The van der Waals surface area contributed by atoms with E-state index in [2.05, 4.69) is 5.18 Å². The lowest BCUT2D eigenvalue weighted by molar-refractivity contribution is 0.629. The highest BCUT2D eigenvalue weighted by molar-refractivity contribution is 5.45. The average molecular weight is 150 g/mol. The van der Waals surface area contributed by atoms with Crippen molar-refractivity contribution in [2.24, 2.45) is 5.18 Å². The summed E-state index contributed by atoms with van der Waals surface area (Å²) in [5.41, 5.74) is -0.106. The second-order valence-corrected chi connectivity index (χ2v) is 1.87. The number of hydrogen-bond acceptors (Lipinski definition) is 3. The van der Waals surface area contributed by atoms with Gasteiger partial charge in [0.25, 0.3) is 0 Å². The second-order valence-electron chi connectivity index (χ2n) is 1.87. The van der Waals surface area contributed by atoms with E-state index in [1.165, 1.54) is 6.07 Å². The smallest absolute Gasteiger partial charge is 0.152 e. The predicted octanol–water partition coefficient (Wildman–Crippen LogP) is 2.10. The van der Waals surface area contributed by atoms with E-state index in [4.69, 9.17) is 5.26 Å². The van der Waals surface area contributed by atoms with Crippen LogP contribution in [0, 0.1) is 22.1 Å². The van der Waals surface area contributed by atoms with Crippen molar-refractivity contribution in [3.63, 3.8) is 0 Å². The van der Waals surface area contributed by atoms with E-state index in [0.29, 0.717) is 0 Å². The molecule has 1 rings (SSSR count). The summed E-state index contributed by atoms with van der Waals surface area (Å²) in [6.45, 7) is 0. The molecule has 0 aliphatic rings. The minimum absolute atomic E-state index is 0.223. The Bertz CT molecular complexity index is 330. The van der Waals surface area contributed by atoms with Crippen molar-refractivity contribution in [3.8, 4) is 6.07 Å². The Morgan fingerprint density at radius 2 is 2.27 bits per heavy atom. The van der Waals surface area contributed by atoms with Gasteiger partial charge in [0.15, 0.2) is 5.82 Å². The van der Waals surface area contributed by atoms with Crippen LogP contribution in [0.5, 0.6) is 0 Å². The summed E-state index contributed by atoms with van der Waals surface area (Å²) >= 11 is 0. The first kappa shape index (κ1) is 7.35. The molecule has 0 spiro atoms. The fraction of sp³-hybridized carbons (Fsp3) is 0. The SMILES string of the molecule is N#Cc1ccc(F)c(N=O)c1. The number of rotatable bonds is 1. The van der Waals surface area contributed by atoms with Crippen LogP contribution < -0.4 is 0 Å². The summed E-state index contributed by atoms with van der Waals surface area (Å²) < 4.78 is 12.5. The normalized spacial score (nSPS) is 8.73. The maximum Gasteiger partial charge on any atom is 0.152 e. The van der Waals surface area contributed by atoms with Crippen molar-refractivity contribution in [1.29, 1.82) is 5.26 Å². The topological polar surface area (TPSA) is 53.2 Å². The van der Waals surface area contributed by atoms with Gasteiger partial charge >= 0.3 is 0 Å². The third kappa shape index (κ3) is 1.38. The predicted molar refractivity (Wildman–Crippen MR) is 36.6 cm³/mol. The van der Waals surface area contributed by atoms with E-state index in [0.717, 1.165) is 12.1 Å². The van der Waals surface area contributed by atoms with E-state index < -0.39 is 5.82 Å². The van der Waals surface area contributed by atoms with Gasteiger partial charge in [-0.25, -0.2) is 4.39 Å². The molecule has 0 aliphatic carbocycles. The molecular weight excluding hydrogens is 147 g/mol. The standard InChI is InChI=1S/C7H3FN2O/c8-6-2-1-5(4-9)3-7(6)10-11/h1-3H. The number of halogens is 1. The van der Waals surface area contributed by atoms with Gasteiger partial charge in [-0.05, 0) is 23.4 Å². The quantitative estimate of drug-likeness (QED) is 0.575. The summed E-state index contributed by atoms with van der Waals surface area (Å²) in [6.07, 6.45) is 0. The highest BCUT2D eigenvalue weighted by Crippen LogP contribution is 2.17. The van der Waals surface area contributed by atoms with Crippen LogP contribution in [-0.4, -0.2) is 0 Å². The molecule has 0 aromatic heterocycles. The summed E-state index contributed by atoms with van der Waals surface area (Å²) in [7, 11) is 0. The molecule has 0 unspecified atom stereocenters. The third-order valence-electron chi connectivity index (χ3n) is 1.17. The van der Waals surface area contributed by atoms with Crippen molar-refractivity contribution in [2.45, 2.75) is 0 Å². The first-order valence-electron chi connectivity index (χ1n) is 2.81. The van der Waals surface area contributed by atoms with E-state index >= 15 is 0 Å². The van der Waals surface area contributed by atoms with Gasteiger partial charge in [-0.2, -0.15) is 5.26 Å². The molecule has 1 aromatic carbocycles. The maximum absolute atomic E-state index is 12.5. The molecule has 11 heavy (non-hydrogen) atoms. The lowest BCUT2D eigenvalue weighted by Gasteiger charge is -1.91. The third-order valence-corrected chi connectivity index (χ3v) is 1.17. The van der Waals surface area contributed by atoms with Crippen LogP contribution in [0.3, 0.4) is 0 Å². The Kier molecular flexibility index (Phi) is 1.93. The van der Waals surface area contributed by atoms with Crippen LogP contribution in [0.2, 0.25) is 0 Å². The molecule has 0 bridgehead atoms. The minimum atomic E-state index is -0.709. The summed E-state index contributed by atoms with van der Waals surface area (Å²) in [5.74, 6) is -0.709. The van der Waals surface area contributed by atoms with Crippen LogP contribution in [0.4, 0.5) is 10.1 Å². The fourth-order valence-electron chi connectivity index (χ4n) is 0.652. The molecule has 0 saturated heterocycles. The first-order valence-corrected chi connectivity index (χ1v) is 2.81. The fourth-order valence-corrected chi connectivity index (χ4v) is 0.652. The van der Waals surface area contributed by atoms with E-state index in [1.54, 1.807) is 6.07 Å². The number of nitrogens with zero attached hydrogens (tertiary/aromatic N) is 2. The molecule has 3 nitrogen and oxygen atoms in total. The van der Waals surface area contributed by atoms with Gasteiger partial charge in [-0.1, -0.05) is 0 Å². The molecule has 54 valence electrons. The van der Waals surface area contributed by atoms with Gasteiger partial charge in [-0.15, -0.1) is 4.91 Å². The van der Waals surface area contributed by atoms with Crippen LogP contribution in [-0.2, 0) is 0 Å². The number of benzene rings is 1. The molecule has 0 heterocycles. The molecule has 4 heteroatoms. The Morgan fingerprint density at radius 3 is 2.82 bits per heavy atom. The molecule has 0 aliphatic heterocycles. The Labute approximate surface area is 62.0 Å². The Hall–Kier alpha value is -1.76. The van der Waals surface area contributed by atoms with Crippen LogP contribution >= 0.6 is 0 Å². The molecule has 1 aromatic rings. The van der Waals surface area contributed by atoms with Crippen molar-refractivity contribution in [2.75, 3.05) is 0 Å². The van der Waals surface area contributed by atoms with Crippen molar-refractivity contribution in [1.82, 2.24) is 0 Å². The van der Waals surface area contributed by atoms with Gasteiger partial charge in [0.05, 0.1) is 11.6 Å². The van der Waals surface area contributed by atoms with Gasteiger partial charge in [0.2, 0.25) is 0 Å². The zero-order valence-electron chi connectivity index (χ0n) is 5.41. The van der Waals surface area contributed by atoms with Gasteiger partial charge in [0, 0.05) is 0 Å². The summed E-state index contributed by atoms with van der Waals surface area (Å²) in [4.78, 5) is 9.90. The van der Waals surface area contributed by atoms with Crippen LogP contribution in [0.25, 0.3) is 0 Å². The molecule has 0 radical (unpaired) electrons. The molecule has 0 N–H and O–H groups in total. The Balaban J connectivity index is 3.25. The Morgan fingerprint density at radius 1 is 1.55 bits per heavy atom. The van der Waals surface area contributed by atoms with Crippen molar-refractivity contribution < 1.29 is 4.39 Å². The molecule has 0 amide bonds. The van der Waals surface area contributed by atoms with Gasteiger partial charge < -0.3 is 0 Å². The average Bonchev–Trinajstić information content (AvgIpc) is 2.05. The number of nitroso groups, excluding NO2 is 1. The number of hydrogen-bond donors (Lipinski definition) is 0. The maximum atomic E-state index is 12.5. The van der Waals surface area contributed by atoms with E-state index in [9.17, 15) is 9.30 Å². The van der Waals surface area contributed by atoms with Crippen LogP contribution in [0.1, 0.15) is 5.56 Å². The summed E-state index contributed by atoms with van der Waals surface area (Å²) in [6, 6.07) is 5.18. The first-order chi connectivity index (χ1) is 5.27. The molecule has 0 fully saturated rings. The largest absolute Gasteiger partial charge is 0.204 e. The molecule has 0 saturated carbocycles. The van der Waals surface area contributed by atoms with Crippen LogP contribution in [0.15, 0.2) is 23.4 Å². The molecular formula is C7H3FN2O. The lowest BCUT2D eigenvalue weighted by atomic mass is 10.2. The lowest BCUT2D eigenvalue weighted by Crippen LogP contribution is -1.77.